The molecular formula is C19H23N3O2. The molecule has 5 heteroatoms. The number of aromatic nitrogens is 3. The molecule has 0 bridgehead atoms. The van der Waals surface area contributed by atoms with Gasteiger partial charge in [-0.15, -0.1) is 0 Å². The topological polar surface area (TPSA) is 48.7 Å². The van der Waals surface area contributed by atoms with E-state index in [2.05, 4.69) is 28.2 Å². The summed E-state index contributed by atoms with van der Waals surface area (Å²) in [6, 6.07) is 8.34. The number of hydrogen-bond donors (Lipinski definition) is 0. The van der Waals surface area contributed by atoms with Gasteiger partial charge in [0.25, 0.3) is 0 Å². The summed E-state index contributed by atoms with van der Waals surface area (Å²) in [7, 11) is 0. The molecule has 0 saturated carbocycles. The number of hydrogen-bond acceptors (Lipinski definition) is 4. The van der Waals surface area contributed by atoms with E-state index in [1.165, 1.54) is 0 Å². The van der Waals surface area contributed by atoms with Crippen molar-refractivity contribution < 1.29 is 9.47 Å². The minimum absolute atomic E-state index is 0.160. The Kier molecular flexibility index (Phi) is 5.56. The van der Waals surface area contributed by atoms with E-state index in [1.807, 2.05) is 42.9 Å². The monoisotopic (exact) mass is 325 g/mol. The molecule has 3 rings (SSSR count). The van der Waals surface area contributed by atoms with E-state index in [-0.39, 0.29) is 6.29 Å². The molecule has 3 aromatic rings. The molecule has 126 valence electrons. The van der Waals surface area contributed by atoms with Crippen LogP contribution in [-0.2, 0) is 15.9 Å². The van der Waals surface area contributed by atoms with Gasteiger partial charge in [-0.3, -0.25) is 4.98 Å². The third kappa shape index (κ3) is 3.99. The highest BCUT2D eigenvalue weighted by atomic mass is 16.7. The van der Waals surface area contributed by atoms with Gasteiger partial charge in [0.1, 0.15) is 5.65 Å². The number of fused-ring (bicyclic) bond motifs is 1. The Bertz CT molecular complexity index is 779. The molecule has 5 nitrogen and oxygen atoms in total. The lowest BCUT2D eigenvalue weighted by atomic mass is 10.1. The minimum atomic E-state index is -0.160. The van der Waals surface area contributed by atoms with Crippen molar-refractivity contribution in [1.29, 1.82) is 0 Å². The van der Waals surface area contributed by atoms with Gasteiger partial charge in [0.05, 0.1) is 0 Å². The maximum absolute atomic E-state index is 5.60. The van der Waals surface area contributed by atoms with Crippen molar-refractivity contribution in [2.45, 2.75) is 33.0 Å². The largest absolute Gasteiger partial charge is 0.353 e. The summed E-state index contributed by atoms with van der Waals surface area (Å²) in [5.41, 5.74) is 4.28. The molecule has 24 heavy (non-hydrogen) atoms. The van der Waals surface area contributed by atoms with Crippen LogP contribution in [0.3, 0.4) is 0 Å². The molecule has 0 aromatic carbocycles. The standard InChI is InChI=1S/C19H23N3O2/c1-3-23-19(24-4-2)6-5-17-13-15(7-9-20-17)16-8-11-22-12-10-21-18(22)14-16/h7-14,19H,3-6H2,1-2H3. The van der Waals surface area contributed by atoms with Crippen molar-refractivity contribution in [2.24, 2.45) is 0 Å². The first kappa shape index (κ1) is 16.6. The molecular weight excluding hydrogens is 302 g/mol. The molecule has 0 radical (unpaired) electrons. The van der Waals surface area contributed by atoms with Gasteiger partial charge in [-0.1, -0.05) is 0 Å². The van der Waals surface area contributed by atoms with Crippen LogP contribution in [0.25, 0.3) is 16.8 Å². The molecule has 0 atom stereocenters. The predicted octanol–water partition coefficient (Wildman–Crippen LogP) is 3.73. The average molecular weight is 325 g/mol. The van der Waals surface area contributed by atoms with Gasteiger partial charge in [0.15, 0.2) is 6.29 Å². The molecule has 0 aliphatic carbocycles. The summed E-state index contributed by atoms with van der Waals surface area (Å²) in [6.45, 7) is 5.28. The number of aryl methyl sites for hydroxylation is 1. The maximum Gasteiger partial charge on any atom is 0.157 e. The fraction of sp³-hybridized carbons (Fsp3) is 0.368. The molecule has 0 aliphatic rings. The first-order valence-corrected chi connectivity index (χ1v) is 8.41. The number of pyridine rings is 2. The van der Waals surface area contributed by atoms with Crippen molar-refractivity contribution in [2.75, 3.05) is 13.2 Å². The van der Waals surface area contributed by atoms with Crippen molar-refractivity contribution >= 4 is 5.65 Å². The maximum atomic E-state index is 5.60. The first-order valence-electron chi connectivity index (χ1n) is 8.41. The number of ether oxygens (including phenoxy) is 2. The van der Waals surface area contributed by atoms with E-state index in [4.69, 9.17) is 9.47 Å². The Balaban J connectivity index is 1.73. The van der Waals surface area contributed by atoms with E-state index in [0.717, 1.165) is 35.3 Å². The summed E-state index contributed by atoms with van der Waals surface area (Å²) < 4.78 is 13.2. The number of nitrogens with zero attached hydrogens (tertiary/aromatic N) is 3. The van der Waals surface area contributed by atoms with Gasteiger partial charge in [0, 0.05) is 50.1 Å². The molecule has 3 aromatic heterocycles. The third-order valence-corrected chi connectivity index (χ3v) is 3.89. The van der Waals surface area contributed by atoms with Crippen LogP contribution in [0.4, 0.5) is 0 Å². The smallest absolute Gasteiger partial charge is 0.157 e. The average Bonchev–Trinajstić information content (AvgIpc) is 3.08. The van der Waals surface area contributed by atoms with Crippen molar-refractivity contribution in [3.05, 3.63) is 54.7 Å². The Morgan fingerprint density at radius 3 is 2.54 bits per heavy atom. The summed E-state index contributed by atoms with van der Waals surface area (Å²) >= 11 is 0. The zero-order chi connectivity index (χ0) is 16.8. The predicted molar refractivity (Wildman–Crippen MR) is 93.8 cm³/mol. The second-order valence-electron chi connectivity index (χ2n) is 5.52. The van der Waals surface area contributed by atoms with Gasteiger partial charge in [-0.05, 0) is 55.7 Å². The van der Waals surface area contributed by atoms with E-state index >= 15 is 0 Å². The molecule has 0 amide bonds. The fourth-order valence-electron chi connectivity index (χ4n) is 2.74. The van der Waals surface area contributed by atoms with Crippen LogP contribution in [0.15, 0.2) is 49.1 Å². The van der Waals surface area contributed by atoms with Gasteiger partial charge in [-0.25, -0.2) is 4.98 Å². The number of rotatable bonds is 8. The van der Waals surface area contributed by atoms with Gasteiger partial charge in [0.2, 0.25) is 0 Å². The first-order chi connectivity index (χ1) is 11.8. The lowest BCUT2D eigenvalue weighted by Crippen LogP contribution is -2.18. The Morgan fingerprint density at radius 1 is 0.958 bits per heavy atom. The molecule has 0 spiro atoms. The van der Waals surface area contributed by atoms with E-state index in [0.29, 0.717) is 13.2 Å². The molecule has 0 fully saturated rings. The van der Waals surface area contributed by atoms with Crippen LogP contribution in [0.5, 0.6) is 0 Å². The van der Waals surface area contributed by atoms with Crippen LogP contribution in [0, 0.1) is 0 Å². The lowest BCUT2D eigenvalue weighted by molar-refractivity contribution is -0.139. The van der Waals surface area contributed by atoms with Gasteiger partial charge < -0.3 is 13.9 Å². The summed E-state index contributed by atoms with van der Waals surface area (Å²) in [5.74, 6) is 0. The van der Waals surface area contributed by atoms with Crippen LogP contribution in [-0.4, -0.2) is 33.9 Å². The van der Waals surface area contributed by atoms with E-state index < -0.39 is 0 Å². The SMILES string of the molecule is CCOC(CCc1cc(-c2ccn3ccnc3c2)ccn1)OCC. The minimum Gasteiger partial charge on any atom is -0.353 e. The van der Waals surface area contributed by atoms with Crippen LogP contribution in [0.2, 0.25) is 0 Å². The zero-order valence-corrected chi connectivity index (χ0v) is 14.2. The van der Waals surface area contributed by atoms with Crippen molar-refractivity contribution in [3.63, 3.8) is 0 Å². The van der Waals surface area contributed by atoms with Crippen LogP contribution in [0.1, 0.15) is 26.0 Å². The van der Waals surface area contributed by atoms with Crippen LogP contribution < -0.4 is 0 Å². The Labute approximate surface area is 142 Å². The van der Waals surface area contributed by atoms with Crippen LogP contribution >= 0.6 is 0 Å². The molecule has 0 unspecified atom stereocenters. The van der Waals surface area contributed by atoms with Gasteiger partial charge >= 0.3 is 0 Å². The molecule has 0 N–H and O–H groups in total. The Morgan fingerprint density at radius 2 is 1.75 bits per heavy atom. The van der Waals surface area contributed by atoms with E-state index in [9.17, 15) is 0 Å². The summed E-state index contributed by atoms with van der Waals surface area (Å²) in [5, 5.41) is 0. The highest BCUT2D eigenvalue weighted by Crippen LogP contribution is 2.21. The molecule has 0 saturated heterocycles. The summed E-state index contributed by atoms with van der Waals surface area (Å²) in [4.78, 5) is 8.82. The number of imidazole rings is 1. The molecule has 0 aliphatic heterocycles. The Hall–Kier alpha value is -2.24. The van der Waals surface area contributed by atoms with Gasteiger partial charge in [-0.2, -0.15) is 0 Å². The summed E-state index contributed by atoms with van der Waals surface area (Å²) in [6.07, 6.45) is 9.10. The zero-order valence-electron chi connectivity index (χ0n) is 14.2. The van der Waals surface area contributed by atoms with Crippen molar-refractivity contribution in [3.8, 4) is 11.1 Å². The lowest BCUT2D eigenvalue weighted by Gasteiger charge is -2.16. The molecule has 3 heterocycles. The highest BCUT2D eigenvalue weighted by molar-refractivity contribution is 5.67. The highest BCUT2D eigenvalue weighted by Gasteiger charge is 2.09. The fourth-order valence-corrected chi connectivity index (χ4v) is 2.74. The third-order valence-electron chi connectivity index (χ3n) is 3.89. The normalized spacial score (nSPS) is 11.5. The quantitative estimate of drug-likeness (QED) is 0.592. The van der Waals surface area contributed by atoms with Crippen molar-refractivity contribution in [1.82, 2.24) is 14.4 Å². The second kappa shape index (κ2) is 8.04. The second-order valence-corrected chi connectivity index (χ2v) is 5.52. The van der Waals surface area contributed by atoms with E-state index in [1.54, 1.807) is 6.20 Å².